The van der Waals surface area contributed by atoms with Gasteiger partial charge in [-0.25, -0.2) is 9.59 Å². The average molecular weight is 264 g/mol. The van der Waals surface area contributed by atoms with E-state index >= 15 is 0 Å². The SMILES string of the molecule is CCOC(=O)c1c(C)oc2ccc(O)c(C(=O)O)c12. The molecule has 0 aliphatic carbocycles. The lowest BCUT2D eigenvalue weighted by Gasteiger charge is -2.04. The summed E-state index contributed by atoms with van der Waals surface area (Å²) in [5.74, 6) is -2.19. The Hall–Kier alpha value is -2.50. The number of carbonyl (C=O) groups is 2. The largest absolute Gasteiger partial charge is 0.507 e. The Balaban J connectivity index is 2.83. The Morgan fingerprint density at radius 3 is 2.58 bits per heavy atom. The van der Waals surface area contributed by atoms with Crippen LogP contribution in [0.2, 0.25) is 0 Å². The number of ether oxygens (including phenoxy) is 1. The summed E-state index contributed by atoms with van der Waals surface area (Å²) in [5, 5.41) is 18.9. The maximum Gasteiger partial charge on any atom is 0.342 e. The number of carbonyl (C=O) groups excluding carboxylic acids is 1. The van der Waals surface area contributed by atoms with Gasteiger partial charge in [0.05, 0.1) is 12.0 Å². The van der Waals surface area contributed by atoms with E-state index in [1.165, 1.54) is 19.1 Å². The molecule has 6 heteroatoms. The number of carboxylic acids is 1. The van der Waals surface area contributed by atoms with Crippen LogP contribution in [0, 0.1) is 6.92 Å². The van der Waals surface area contributed by atoms with Gasteiger partial charge in [-0.3, -0.25) is 0 Å². The predicted molar refractivity (Wildman–Crippen MR) is 65.5 cm³/mol. The van der Waals surface area contributed by atoms with Gasteiger partial charge in [0.1, 0.15) is 28.2 Å². The summed E-state index contributed by atoms with van der Waals surface area (Å²) in [4.78, 5) is 23.1. The molecule has 0 amide bonds. The summed E-state index contributed by atoms with van der Waals surface area (Å²) in [6, 6.07) is 2.62. The average Bonchev–Trinajstić information content (AvgIpc) is 2.64. The molecule has 19 heavy (non-hydrogen) atoms. The highest BCUT2D eigenvalue weighted by atomic mass is 16.5. The van der Waals surface area contributed by atoms with E-state index in [2.05, 4.69) is 0 Å². The minimum Gasteiger partial charge on any atom is -0.507 e. The van der Waals surface area contributed by atoms with Crippen LogP contribution >= 0.6 is 0 Å². The van der Waals surface area contributed by atoms with Crippen molar-refractivity contribution < 1.29 is 29.0 Å². The van der Waals surface area contributed by atoms with Crippen LogP contribution in [0.3, 0.4) is 0 Å². The highest BCUT2D eigenvalue weighted by Crippen LogP contribution is 2.34. The molecule has 0 aliphatic heterocycles. The lowest BCUT2D eigenvalue weighted by atomic mass is 10.0. The van der Waals surface area contributed by atoms with Crippen molar-refractivity contribution in [1.82, 2.24) is 0 Å². The Morgan fingerprint density at radius 2 is 2.00 bits per heavy atom. The molecular weight excluding hydrogens is 252 g/mol. The summed E-state index contributed by atoms with van der Waals surface area (Å²) in [6.07, 6.45) is 0. The molecule has 1 heterocycles. The first kappa shape index (κ1) is 12.9. The maximum absolute atomic E-state index is 11.9. The van der Waals surface area contributed by atoms with Crippen LogP contribution in [0.1, 0.15) is 33.4 Å². The van der Waals surface area contributed by atoms with Crippen molar-refractivity contribution in [2.45, 2.75) is 13.8 Å². The molecule has 0 aliphatic rings. The first-order chi connectivity index (χ1) is 8.97. The molecule has 100 valence electrons. The second-order valence-electron chi connectivity index (χ2n) is 3.89. The molecular formula is C13H12O6. The van der Waals surface area contributed by atoms with Crippen molar-refractivity contribution in [2.24, 2.45) is 0 Å². The van der Waals surface area contributed by atoms with E-state index < -0.39 is 17.7 Å². The van der Waals surface area contributed by atoms with Crippen LogP contribution in [-0.2, 0) is 4.74 Å². The number of fused-ring (bicyclic) bond motifs is 1. The van der Waals surface area contributed by atoms with Crippen molar-refractivity contribution in [1.29, 1.82) is 0 Å². The fourth-order valence-electron chi connectivity index (χ4n) is 1.96. The number of benzene rings is 1. The lowest BCUT2D eigenvalue weighted by Crippen LogP contribution is -2.07. The highest BCUT2D eigenvalue weighted by molar-refractivity contribution is 6.14. The first-order valence-electron chi connectivity index (χ1n) is 5.62. The molecule has 0 radical (unpaired) electrons. The molecule has 6 nitrogen and oxygen atoms in total. The molecule has 0 spiro atoms. The summed E-state index contributed by atoms with van der Waals surface area (Å²) in [6.45, 7) is 3.34. The number of carboxylic acid groups (broad SMARTS) is 1. The normalized spacial score (nSPS) is 10.6. The summed E-state index contributed by atoms with van der Waals surface area (Å²) < 4.78 is 10.2. The number of aromatic hydroxyl groups is 1. The standard InChI is InChI=1S/C13H12O6/c1-3-18-13(17)9-6(2)19-8-5-4-7(14)10(11(8)9)12(15)16/h4-5,14H,3H2,1-2H3,(H,15,16). The van der Waals surface area contributed by atoms with Gasteiger partial charge in [-0.15, -0.1) is 0 Å². The Bertz CT molecular complexity index is 667. The summed E-state index contributed by atoms with van der Waals surface area (Å²) >= 11 is 0. The third kappa shape index (κ3) is 2.01. The predicted octanol–water partition coefficient (Wildman–Crippen LogP) is 2.32. The van der Waals surface area contributed by atoms with Gasteiger partial charge < -0.3 is 19.4 Å². The van der Waals surface area contributed by atoms with E-state index in [-0.39, 0.29) is 34.5 Å². The van der Waals surface area contributed by atoms with Crippen LogP contribution in [0.5, 0.6) is 5.75 Å². The van der Waals surface area contributed by atoms with Crippen LogP contribution in [0.15, 0.2) is 16.5 Å². The molecule has 0 saturated heterocycles. The fraction of sp³-hybridized carbons (Fsp3) is 0.231. The number of hydrogen-bond donors (Lipinski definition) is 2. The monoisotopic (exact) mass is 264 g/mol. The molecule has 2 rings (SSSR count). The summed E-state index contributed by atoms with van der Waals surface area (Å²) in [5.41, 5.74) is -0.113. The zero-order valence-electron chi connectivity index (χ0n) is 10.4. The zero-order chi connectivity index (χ0) is 14.2. The van der Waals surface area contributed by atoms with Crippen molar-refractivity contribution in [2.75, 3.05) is 6.61 Å². The minimum absolute atomic E-state index is 0.0325. The van der Waals surface area contributed by atoms with E-state index in [1.54, 1.807) is 6.92 Å². The van der Waals surface area contributed by atoms with Crippen molar-refractivity contribution in [3.05, 3.63) is 29.0 Å². The van der Waals surface area contributed by atoms with E-state index in [0.29, 0.717) is 0 Å². The summed E-state index contributed by atoms with van der Waals surface area (Å²) in [7, 11) is 0. The van der Waals surface area contributed by atoms with Crippen LogP contribution in [0.4, 0.5) is 0 Å². The topological polar surface area (TPSA) is 97.0 Å². The van der Waals surface area contributed by atoms with Crippen molar-refractivity contribution >= 4 is 22.9 Å². The van der Waals surface area contributed by atoms with Gasteiger partial charge in [0, 0.05) is 0 Å². The van der Waals surface area contributed by atoms with E-state index in [1.807, 2.05) is 0 Å². The van der Waals surface area contributed by atoms with Gasteiger partial charge in [0.2, 0.25) is 0 Å². The Kier molecular flexibility index (Phi) is 3.16. The Labute approximate surface area is 108 Å². The smallest absolute Gasteiger partial charge is 0.342 e. The van der Waals surface area contributed by atoms with Gasteiger partial charge in [0.15, 0.2) is 0 Å². The second-order valence-corrected chi connectivity index (χ2v) is 3.89. The molecule has 0 unspecified atom stereocenters. The number of aryl methyl sites for hydroxylation is 1. The Morgan fingerprint density at radius 1 is 1.32 bits per heavy atom. The maximum atomic E-state index is 11.9. The molecule has 0 saturated carbocycles. The van der Waals surface area contributed by atoms with Gasteiger partial charge in [-0.1, -0.05) is 0 Å². The van der Waals surface area contributed by atoms with E-state index in [4.69, 9.17) is 14.3 Å². The number of rotatable bonds is 3. The van der Waals surface area contributed by atoms with Crippen LogP contribution in [-0.4, -0.2) is 28.8 Å². The van der Waals surface area contributed by atoms with Crippen LogP contribution in [0.25, 0.3) is 11.0 Å². The molecule has 1 aromatic carbocycles. The molecule has 1 aromatic heterocycles. The zero-order valence-corrected chi connectivity index (χ0v) is 10.4. The molecule has 0 fully saturated rings. The number of aromatic carboxylic acids is 1. The van der Waals surface area contributed by atoms with Crippen LogP contribution < -0.4 is 0 Å². The number of phenols is 1. The second kappa shape index (κ2) is 4.64. The molecule has 0 atom stereocenters. The van der Waals surface area contributed by atoms with Gasteiger partial charge in [-0.2, -0.15) is 0 Å². The third-order valence-electron chi connectivity index (χ3n) is 2.70. The number of hydrogen-bond acceptors (Lipinski definition) is 5. The quantitative estimate of drug-likeness (QED) is 0.826. The highest BCUT2D eigenvalue weighted by Gasteiger charge is 2.26. The molecule has 2 N–H and O–H groups in total. The van der Waals surface area contributed by atoms with Gasteiger partial charge in [0.25, 0.3) is 0 Å². The first-order valence-corrected chi connectivity index (χ1v) is 5.62. The lowest BCUT2D eigenvalue weighted by molar-refractivity contribution is 0.0526. The van der Waals surface area contributed by atoms with E-state index in [9.17, 15) is 14.7 Å². The van der Waals surface area contributed by atoms with Gasteiger partial charge in [-0.05, 0) is 26.0 Å². The molecule has 0 bridgehead atoms. The van der Waals surface area contributed by atoms with Gasteiger partial charge >= 0.3 is 11.9 Å². The van der Waals surface area contributed by atoms with Crippen molar-refractivity contribution in [3.8, 4) is 5.75 Å². The number of furan rings is 1. The molecule has 2 aromatic rings. The number of esters is 1. The van der Waals surface area contributed by atoms with E-state index in [0.717, 1.165) is 0 Å². The fourth-order valence-corrected chi connectivity index (χ4v) is 1.96. The van der Waals surface area contributed by atoms with Crippen molar-refractivity contribution in [3.63, 3.8) is 0 Å². The third-order valence-corrected chi connectivity index (χ3v) is 2.70. The minimum atomic E-state index is -1.34.